The van der Waals surface area contributed by atoms with Gasteiger partial charge >= 0.3 is 0 Å². The van der Waals surface area contributed by atoms with Crippen LogP contribution in [0.2, 0.25) is 0 Å². The number of carbonyl (C=O) groups is 1. The molecule has 142 valence electrons. The number of hydrogen-bond acceptors (Lipinski definition) is 5. The summed E-state index contributed by atoms with van der Waals surface area (Å²) in [5.74, 6) is 1.36. The second-order valence-corrected chi connectivity index (χ2v) is 7.08. The first kappa shape index (κ1) is 19.0. The predicted molar refractivity (Wildman–Crippen MR) is 110 cm³/mol. The fraction of sp³-hybridized carbons (Fsp3) is 0.286. The number of hydrogen-bond donors (Lipinski definition) is 1. The van der Waals surface area contributed by atoms with E-state index in [4.69, 9.17) is 14.2 Å². The number of anilines is 1. The van der Waals surface area contributed by atoms with Crippen LogP contribution in [0.5, 0.6) is 17.2 Å². The van der Waals surface area contributed by atoms with Crippen LogP contribution < -0.4 is 19.5 Å². The molecule has 0 atom stereocenters. The lowest BCUT2D eigenvalue weighted by molar-refractivity contribution is 0.103. The van der Waals surface area contributed by atoms with E-state index in [0.717, 1.165) is 33.4 Å². The van der Waals surface area contributed by atoms with Gasteiger partial charge in [0.05, 0.1) is 26.2 Å². The zero-order valence-corrected chi connectivity index (χ0v) is 16.7. The van der Waals surface area contributed by atoms with Crippen LogP contribution in [0, 0.1) is 0 Å². The normalized spacial score (nSPS) is 10.7. The largest absolute Gasteiger partial charge is 0.493 e. The monoisotopic (exact) mass is 385 g/mol. The number of thiophene rings is 1. The van der Waals surface area contributed by atoms with Crippen LogP contribution in [0.4, 0.5) is 5.69 Å². The maximum absolute atomic E-state index is 13.0. The number of nitrogens with one attached hydrogen (secondary N) is 1. The molecule has 27 heavy (non-hydrogen) atoms. The molecule has 0 aliphatic rings. The Labute approximate surface area is 162 Å². The number of ether oxygens (including phenoxy) is 3. The van der Waals surface area contributed by atoms with E-state index in [1.54, 1.807) is 33.5 Å². The fourth-order valence-electron chi connectivity index (χ4n) is 3.12. The Bertz CT molecular complexity index is 939. The van der Waals surface area contributed by atoms with Crippen LogP contribution in [0.15, 0.2) is 36.4 Å². The molecule has 0 unspecified atom stereocenters. The second kappa shape index (κ2) is 8.31. The molecule has 1 aromatic heterocycles. The minimum absolute atomic E-state index is 0.131. The van der Waals surface area contributed by atoms with E-state index in [0.29, 0.717) is 22.9 Å². The van der Waals surface area contributed by atoms with Crippen LogP contribution in [-0.4, -0.2) is 27.2 Å². The maximum atomic E-state index is 13.0. The van der Waals surface area contributed by atoms with Crippen LogP contribution in [0.25, 0.3) is 10.1 Å². The SMILES string of the molecule is CCCc1c(C(=O)Nc2cc(OC)c(OC)c(OC)c2)sc2ccccc12. The third kappa shape index (κ3) is 3.71. The van der Waals surface area contributed by atoms with E-state index in [1.165, 1.54) is 11.3 Å². The Kier molecular flexibility index (Phi) is 5.86. The van der Waals surface area contributed by atoms with Crippen molar-refractivity contribution in [2.45, 2.75) is 19.8 Å². The highest BCUT2D eigenvalue weighted by molar-refractivity contribution is 7.21. The van der Waals surface area contributed by atoms with Crippen molar-refractivity contribution in [1.82, 2.24) is 0 Å². The summed E-state index contributed by atoms with van der Waals surface area (Å²) >= 11 is 1.52. The minimum Gasteiger partial charge on any atom is -0.493 e. The lowest BCUT2D eigenvalue weighted by Gasteiger charge is -2.14. The summed E-state index contributed by atoms with van der Waals surface area (Å²) in [6.45, 7) is 2.12. The van der Waals surface area contributed by atoms with Gasteiger partial charge in [0.1, 0.15) is 0 Å². The standard InChI is InChI=1S/C21H23NO4S/c1-5-8-15-14-9-6-7-10-18(14)27-20(15)21(23)22-13-11-16(24-2)19(26-4)17(12-13)25-3/h6-7,9-12H,5,8H2,1-4H3,(H,22,23). The number of benzene rings is 2. The molecule has 6 heteroatoms. The Hall–Kier alpha value is -2.73. The van der Waals surface area contributed by atoms with Crippen LogP contribution in [0.1, 0.15) is 28.6 Å². The van der Waals surface area contributed by atoms with Gasteiger partial charge < -0.3 is 19.5 Å². The number of fused-ring (bicyclic) bond motifs is 1. The summed E-state index contributed by atoms with van der Waals surface area (Å²) < 4.78 is 17.2. The minimum atomic E-state index is -0.131. The van der Waals surface area contributed by atoms with Gasteiger partial charge in [0.25, 0.3) is 5.91 Å². The quantitative estimate of drug-likeness (QED) is 0.612. The number of rotatable bonds is 7. The molecule has 0 fully saturated rings. The first-order chi connectivity index (χ1) is 13.1. The van der Waals surface area contributed by atoms with Crippen LogP contribution in [0.3, 0.4) is 0 Å². The summed E-state index contributed by atoms with van der Waals surface area (Å²) in [4.78, 5) is 13.8. The van der Waals surface area contributed by atoms with Gasteiger partial charge in [-0.25, -0.2) is 0 Å². The first-order valence-corrected chi connectivity index (χ1v) is 9.56. The molecule has 0 saturated heterocycles. The number of aryl methyl sites for hydroxylation is 1. The molecule has 0 saturated carbocycles. The average Bonchev–Trinajstić information content (AvgIpc) is 3.06. The Balaban J connectivity index is 1.98. The third-order valence-corrected chi connectivity index (χ3v) is 5.54. The highest BCUT2D eigenvalue weighted by Gasteiger charge is 2.20. The molecule has 0 radical (unpaired) electrons. The van der Waals surface area contributed by atoms with Crippen LogP contribution >= 0.6 is 11.3 Å². The van der Waals surface area contributed by atoms with E-state index < -0.39 is 0 Å². The Morgan fingerprint density at radius 2 is 1.70 bits per heavy atom. The van der Waals surface area contributed by atoms with E-state index >= 15 is 0 Å². The lowest BCUT2D eigenvalue weighted by atomic mass is 10.1. The number of carbonyl (C=O) groups excluding carboxylic acids is 1. The zero-order chi connectivity index (χ0) is 19.4. The summed E-state index contributed by atoms with van der Waals surface area (Å²) in [5, 5.41) is 4.13. The third-order valence-electron chi connectivity index (χ3n) is 4.33. The molecule has 1 amide bonds. The predicted octanol–water partition coefficient (Wildman–Crippen LogP) is 5.13. The molecule has 3 rings (SSSR count). The molecule has 2 aromatic carbocycles. The van der Waals surface area contributed by atoms with Gasteiger partial charge in [-0.05, 0) is 23.4 Å². The molecule has 3 aromatic rings. The van der Waals surface area contributed by atoms with E-state index in [2.05, 4.69) is 24.4 Å². The molecular weight excluding hydrogens is 362 g/mol. The van der Waals surface area contributed by atoms with Gasteiger partial charge in [0, 0.05) is 22.5 Å². The van der Waals surface area contributed by atoms with Gasteiger partial charge in [-0.1, -0.05) is 31.5 Å². The van der Waals surface area contributed by atoms with E-state index in [-0.39, 0.29) is 5.91 Å². The van der Waals surface area contributed by atoms with Crippen molar-refractivity contribution in [3.05, 3.63) is 46.8 Å². The van der Waals surface area contributed by atoms with Crippen molar-refractivity contribution in [2.75, 3.05) is 26.6 Å². The molecule has 5 nitrogen and oxygen atoms in total. The molecule has 0 spiro atoms. The summed E-state index contributed by atoms with van der Waals surface area (Å²) in [6, 6.07) is 11.6. The van der Waals surface area contributed by atoms with Gasteiger partial charge in [-0.15, -0.1) is 11.3 Å². The van der Waals surface area contributed by atoms with E-state index in [1.807, 2.05) is 12.1 Å². The molecular formula is C21H23NO4S. The smallest absolute Gasteiger partial charge is 0.266 e. The van der Waals surface area contributed by atoms with Crippen molar-refractivity contribution >= 4 is 33.0 Å². The second-order valence-electron chi connectivity index (χ2n) is 6.02. The van der Waals surface area contributed by atoms with Gasteiger partial charge in [0.15, 0.2) is 11.5 Å². The van der Waals surface area contributed by atoms with Crippen molar-refractivity contribution in [3.63, 3.8) is 0 Å². The summed E-state index contributed by atoms with van der Waals surface area (Å²) in [5.41, 5.74) is 1.69. The van der Waals surface area contributed by atoms with Gasteiger partial charge in [-0.2, -0.15) is 0 Å². The fourth-order valence-corrected chi connectivity index (χ4v) is 4.27. The molecule has 0 bridgehead atoms. The Morgan fingerprint density at radius 3 is 2.30 bits per heavy atom. The maximum Gasteiger partial charge on any atom is 0.266 e. The van der Waals surface area contributed by atoms with Crippen molar-refractivity contribution in [1.29, 1.82) is 0 Å². The summed E-state index contributed by atoms with van der Waals surface area (Å²) in [6.07, 6.45) is 1.84. The van der Waals surface area contributed by atoms with Crippen LogP contribution in [-0.2, 0) is 6.42 Å². The number of methoxy groups -OCH3 is 3. The molecule has 1 heterocycles. The first-order valence-electron chi connectivity index (χ1n) is 8.74. The molecule has 0 aliphatic carbocycles. The zero-order valence-electron chi connectivity index (χ0n) is 15.9. The van der Waals surface area contributed by atoms with Crippen molar-refractivity contribution in [2.24, 2.45) is 0 Å². The van der Waals surface area contributed by atoms with Gasteiger partial charge in [0.2, 0.25) is 5.75 Å². The highest BCUT2D eigenvalue weighted by Crippen LogP contribution is 2.40. The van der Waals surface area contributed by atoms with Crippen molar-refractivity contribution < 1.29 is 19.0 Å². The van der Waals surface area contributed by atoms with Crippen molar-refractivity contribution in [3.8, 4) is 17.2 Å². The number of amides is 1. The topological polar surface area (TPSA) is 56.8 Å². The average molecular weight is 385 g/mol. The summed E-state index contributed by atoms with van der Waals surface area (Å²) in [7, 11) is 4.65. The molecule has 0 aliphatic heterocycles. The molecule has 1 N–H and O–H groups in total. The highest BCUT2D eigenvalue weighted by atomic mass is 32.1. The van der Waals surface area contributed by atoms with E-state index in [9.17, 15) is 4.79 Å². The Morgan fingerprint density at radius 1 is 1.04 bits per heavy atom. The lowest BCUT2D eigenvalue weighted by Crippen LogP contribution is -2.12. The van der Waals surface area contributed by atoms with Gasteiger partial charge in [-0.3, -0.25) is 4.79 Å².